The van der Waals surface area contributed by atoms with Crippen LogP contribution >= 0.6 is 27.7 Å². The topological polar surface area (TPSA) is 87.4 Å². The van der Waals surface area contributed by atoms with Gasteiger partial charge in [0.05, 0.1) is 21.0 Å². The Labute approximate surface area is 202 Å². The molecule has 0 radical (unpaired) electrons. The number of ether oxygens (including phenoxy) is 1. The Balaban J connectivity index is 1.42. The molecule has 0 saturated carbocycles. The van der Waals surface area contributed by atoms with Gasteiger partial charge in [-0.1, -0.05) is 12.1 Å². The fraction of sp³-hybridized carbons (Fsp3) is 0.0833. The number of halogens is 2. The van der Waals surface area contributed by atoms with Crippen LogP contribution in [0.1, 0.15) is 16.8 Å². The third kappa shape index (κ3) is 5.86. The maximum atomic E-state index is 14.6. The Kier molecular flexibility index (Phi) is 7.17. The number of aromatic nitrogens is 1. The first-order chi connectivity index (χ1) is 16.0. The summed E-state index contributed by atoms with van der Waals surface area (Å²) in [6.07, 6.45) is 4.00. The Bertz CT molecular complexity index is 1310. The number of carbonyl (C=O) groups is 1. The van der Waals surface area contributed by atoms with Crippen LogP contribution in [0.2, 0.25) is 0 Å². The molecule has 9 heteroatoms. The Hall–Kier alpha value is -3.48. The highest BCUT2D eigenvalue weighted by Crippen LogP contribution is 2.33. The maximum Gasteiger partial charge on any atom is 0.264 e. The van der Waals surface area contributed by atoms with E-state index >= 15 is 0 Å². The van der Waals surface area contributed by atoms with Crippen LogP contribution in [0, 0.1) is 17.1 Å². The van der Waals surface area contributed by atoms with Crippen molar-refractivity contribution in [1.29, 1.82) is 5.26 Å². The average molecular weight is 523 g/mol. The normalized spacial score (nSPS) is 15.5. The summed E-state index contributed by atoms with van der Waals surface area (Å²) in [7, 11) is 0. The zero-order valence-electron chi connectivity index (χ0n) is 17.1. The van der Waals surface area contributed by atoms with Crippen LogP contribution in [0.15, 0.2) is 75.2 Å². The second kappa shape index (κ2) is 10.4. The smallest absolute Gasteiger partial charge is 0.264 e. The van der Waals surface area contributed by atoms with Gasteiger partial charge >= 0.3 is 0 Å². The monoisotopic (exact) mass is 522 g/mol. The summed E-state index contributed by atoms with van der Waals surface area (Å²) in [6, 6.07) is 16.9. The third-order valence-corrected chi connectivity index (χ3v) is 6.10. The van der Waals surface area contributed by atoms with Crippen molar-refractivity contribution in [3.05, 3.63) is 92.8 Å². The molecule has 2 aromatic carbocycles. The zero-order chi connectivity index (χ0) is 23.2. The highest BCUT2D eigenvalue weighted by Gasteiger charge is 2.23. The molecule has 1 N–H and O–H groups in total. The van der Waals surface area contributed by atoms with Gasteiger partial charge in [0, 0.05) is 24.9 Å². The van der Waals surface area contributed by atoms with Crippen LogP contribution in [0.4, 0.5) is 4.39 Å². The van der Waals surface area contributed by atoms with Crippen molar-refractivity contribution in [3.63, 3.8) is 0 Å². The zero-order valence-corrected chi connectivity index (χ0v) is 19.5. The van der Waals surface area contributed by atoms with Gasteiger partial charge in [-0.05, 0) is 81.8 Å². The molecule has 1 aromatic heterocycles. The van der Waals surface area contributed by atoms with E-state index in [4.69, 9.17) is 10.00 Å². The number of hydrogen-bond donors (Lipinski definition) is 1. The van der Waals surface area contributed by atoms with Gasteiger partial charge in [-0.2, -0.15) is 5.26 Å². The highest BCUT2D eigenvalue weighted by molar-refractivity contribution is 9.10. The van der Waals surface area contributed by atoms with Crippen LogP contribution in [-0.4, -0.2) is 22.6 Å². The lowest BCUT2D eigenvalue weighted by Crippen LogP contribution is -2.20. The lowest BCUT2D eigenvalue weighted by molar-refractivity contribution is -0.115. The van der Waals surface area contributed by atoms with Gasteiger partial charge in [-0.15, -0.1) is 0 Å². The van der Waals surface area contributed by atoms with E-state index in [0.717, 1.165) is 5.69 Å². The summed E-state index contributed by atoms with van der Waals surface area (Å²) in [4.78, 5) is 21.3. The van der Waals surface area contributed by atoms with Crippen molar-refractivity contribution < 1.29 is 13.9 Å². The number of nitrogens with one attached hydrogen (secondary N) is 1. The Morgan fingerprint density at radius 3 is 2.79 bits per heavy atom. The predicted octanol–water partition coefficient (Wildman–Crippen LogP) is 5.45. The first-order valence-electron chi connectivity index (χ1n) is 9.84. The molecule has 1 aliphatic heterocycles. The molecule has 0 unspecified atom stereocenters. The second-order valence-electron chi connectivity index (χ2n) is 6.87. The van der Waals surface area contributed by atoms with Crippen molar-refractivity contribution in [2.75, 3.05) is 6.54 Å². The van der Waals surface area contributed by atoms with Crippen molar-refractivity contribution >= 4 is 44.8 Å². The number of amidine groups is 1. The summed E-state index contributed by atoms with van der Waals surface area (Å²) in [5.41, 5.74) is 1.91. The minimum Gasteiger partial charge on any atom is -0.453 e. The van der Waals surface area contributed by atoms with Gasteiger partial charge in [0.15, 0.2) is 16.7 Å². The van der Waals surface area contributed by atoms with E-state index < -0.39 is 5.82 Å². The predicted molar refractivity (Wildman–Crippen MR) is 129 cm³/mol. The summed E-state index contributed by atoms with van der Waals surface area (Å²) < 4.78 is 20.8. The number of nitrogens with zero attached hydrogens (tertiary/aromatic N) is 3. The van der Waals surface area contributed by atoms with Crippen molar-refractivity contribution in [1.82, 2.24) is 10.3 Å². The van der Waals surface area contributed by atoms with E-state index in [2.05, 4.69) is 31.2 Å². The van der Waals surface area contributed by atoms with Crippen molar-refractivity contribution in [2.24, 2.45) is 4.99 Å². The van der Waals surface area contributed by atoms with Gasteiger partial charge < -0.3 is 10.1 Å². The number of aliphatic imine (C=N–C) groups is 1. The molecule has 6 nitrogen and oxygen atoms in total. The molecule has 1 saturated heterocycles. The minimum absolute atomic E-state index is 0.0304. The molecule has 1 aliphatic rings. The number of nitriles is 1. The average Bonchev–Trinajstić information content (AvgIpc) is 3.16. The molecule has 0 aliphatic carbocycles. The molecule has 1 amide bonds. The summed E-state index contributed by atoms with van der Waals surface area (Å²) in [5, 5.41) is 12.2. The number of carbonyl (C=O) groups excluding carboxylic acids is 1. The van der Waals surface area contributed by atoms with Gasteiger partial charge in [-0.3, -0.25) is 14.8 Å². The number of hydrogen-bond acceptors (Lipinski definition) is 6. The summed E-state index contributed by atoms with van der Waals surface area (Å²) in [6.45, 7) is 0.498. The molecule has 0 bridgehead atoms. The molecule has 4 rings (SSSR count). The SMILES string of the molecule is N#Cc1ccc(Oc2ccc(/C=C3/SC(=NCCc4ccccn4)NC3=O)cc2F)c(Br)c1. The number of thioether (sulfide) groups is 1. The van der Waals surface area contributed by atoms with Crippen LogP contribution in [0.5, 0.6) is 11.5 Å². The van der Waals surface area contributed by atoms with E-state index in [1.54, 1.807) is 36.5 Å². The third-order valence-electron chi connectivity index (χ3n) is 4.53. The number of benzene rings is 2. The van der Waals surface area contributed by atoms with Crippen molar-refractivity contribution in [3.8, 4) is 17.6 Å². The Morgan fingerprint density at radius 1 is 1.21 bits per heavy atom. The van der Waals surface area contributed by atoms with Gasteiger partial charge in [0.2, 0.25) is 0 Å². The first-order valence-corrected chi connectivity index (χ1v) is 11.4. The first kappa shape index (κ1) is 22.7. The lowest BCUT2D eigenvalue weighted by atomic mass is 10.2. The molecule has 3 aromatic rings. The standard InChI is InChI=1S/C24H16BrFN4O2S/c25-18-11-16(14-27)5-6-20(18)32-21-7-4-15(12-19(21)26)13-22-23(31)30-24(33-22)29-10-8-17-3-1-2-9-28-17/h1-7,9,11-13H,8,10H2,(H,29,30,31)/b22-13+. The molecule has 2 heterocycles. The molecule has 164 valence electrons. The molecular formula is C24H16BrFN4O2S. The lowest BCUT2D eigenvalue weighted by Gasteiger charge is -2.09. The van der Waals surface area contributed by atoms with Crippen LogP contribution in [0.3, 0.4) is 0 Å². The summed E-state index contributed by atoms with van der Waals surface area (Å²) in [5.74, 6) is -0.439. The fourth-order valence-corrected chi connectivity index (χ4v) is 4.24. The molecule has 33 heavy (non-hydrogen) atoms. The number of rotatable bonds is 6. The fourth-order valence-electron chi connectivity index (χ4n) is 2.93. The van der Waals surface area contributed by atoms with E-state index in [-0.39, 0.29) is 11.7 Å². The summed E-state index contributed by atoms with van der Waals surface area (Å²) >= 11 is 4.53. The molecule has 1 fully saturated rings. The van der Waals surface area contributed by atoms with E-state index in [0.29, 0.717) is 44.4 Å². The van der Waals surface area contributed by atoms with E-state index in [9.17, 15) is 9.18 Å². The second-order valence-corrected chi connectivity index (χ2v) is 8.76. The van der Waals surface area contributed by atoms with Gasteiger partial charge in [0.1, 0.15) is 5.75 Å². The van der Waals surface area contributed by atoms with Gasteiger partial charge in [-0.25, -0.2) is 4.39 Å². The van der Waals surface area contributed by atoms with Crippen LogP contribution < -0.4 is 10.1 Å². The van der Waals surface area contributed by atoms with Gasteiger partial charge in [0.25, 0.3) is 5.91 Å². The van der Waals surface area contributed by atoms with E-state index in [1.165, 1.54) is 23.9 Å². The quantitative estimate of drug-likeness (QED) is 0.435. The largest absolute Gasteiger partial charge is 0.453 e. The molecule has 0 spiro atoms. The van der Waals surface area contributed by atoms with Crippen molar-refractivity contribution in [2.45, 2.75) is 6.42 Å². The minimum atomic E-state index is -0.576. The van der Waals surface area contributed by atoms with Crippen LogP contribution in [-0.2, 0) is 11.2 Å². The highest BCUT2D eigenvalue weighted by atomic mass is 79.9. The Morgan fingerprint density at radius 2 is 2.06 bits per heavy atom. The number of pyridine rings is 1. The number of amides is 1. The molecular weight excluding hydrogens is 507 g/mol. The maximum absolute atomic E-state index is 14.6. The van der Waals surface area contributed by atoms with E-state index in [1.807, 2.05) is 24.3 Å². The van der Waals surface area contributed by atoms with Crippen LogP contribution in [0.25, 0.3) is 6.08 Å². The molecule has 0 atom stereocenters.